The highest BCUT2D eigenvalue weighted by molar-refractivity contribution is 5.95. The van der Waals surface area contributed by atoms with Gasteiger partial charge in [-0.1, -0.05) is 19.1 Å². The number of anilines is 1. The Morgan fingerprint density at radius 1 is 1.56 bits per heavy atom. The third-order valence-corrected chi connectivity index (χ3v) is 3.66. The van der Waals surface area contributed by atoms with Gasteiger partial charge in [0, 0.05) is 18.8 Å². The molecule has 3 N–H and O–H groups in total. The normalized spacial score (nSPS) is 22.2. The van der Waals surface area contributed by atoms with E-state index in [1.807, 2.05) is 19.2 Å². The second-order valence-corrected chi connectivity index (χ2v) is 5.36. The fraction of sp³-hybridized carbons (Fsp3) is 0.500. The predicted molar refractivity (Wildman–Crippen MR) is 71.4 cm³/mol. The monoisotopic (exact) mass is 248 g/mol. The standard InChI is InChI=1S/C14H20N2O2/c1-9-6-11(9)8-16(2)7-10-4-3-5-12(15)13(10)14(17)18/h3-5,9,11H,6-8,15H2,1-2H3,(H,17,18). The minimum Gasteiger partial charge on any atom is -0.478 e. The summed E-state index contributed by atoms with van der Waals surface area (Å²) in [6.07, 6.45) is 1.28. The first-order chi connectivity index (χ1) is 8.49. The van der Waals surface area contributed by atoms with Crippen molar-refractivity contribution in [1.82, 2.24) is 4.90 Å². The van der Waals surface area contributed by atoms with Gasteiger partial charge in [0.25, 0.3) is 0 Å². The van der Waals surface area contributed by atoms with Gasteiger partial charge in [-0.25, -0.2) is 4.79 Å². The van der Waals surface area contributed by atoms with Crippen molar-refractivity contribution >= 4 is 11.7 Å². The van der Waals surface area contributed by atoms with Crippen molar-refractivity contribution in [2.45, 2.75) is 19.9 Å². The van der Waals surface area contributed by atoms with E-state index in [9.17, 15) is 9.90 Å². The zero-order chi connectivity index (χ0) is 13.3. The van der Waals surface area contributed by atoms with E-state index in [1.54, 1.807) is 6.07 Å². The Kier molecular flexibility index (Phi) is 3.57. The Hall–Kier alpha value is -1.55. The van der Waals surface area contributed by atoms with Gasteiger partial charge < -0.3 is 15.7 Å². The van der Waals surface area contributed by atoms with E-state index in [0.717, 1.165) is 23.9 Å². The lowest BCUT2D eigenvalue weighted by molar-refractivity contribution is 0.0696. The molecule has 1 aromatic carbocycles. The van der Waals surface area contributed by atoms with Crippen molar-refractivity contribution in [3.63, 3.8) is 0 Å². The highest BCUT2D eigenvalue weighted by Crippen LogP contribution is 2.38. The van der Waals surface area contributed by atoms with Crippen LogP contribution in [0, 0.1) is 11.8 Å². The number of nitrogen functional groups attached to an aromatic ring is 1. The van der Waals surface area contributed by atoms with Gasteiger partial charge in [0.2, 0.25) is 0 Å². The molecule has 2 unspecified atom stereocenters. The molecule has 0 amide bonds. The molecule has 0 radical (unpaired) electrons. The van der Waals surface area contributed by atoms with Crippen LogP contribution in [0.2, 0.25) is 0 Å². The topological polar surface area (TPSA) is 66.6 Å². The number of carboxylic acid groups (broad SMARTS) is 1. The average molecular weight is 248 g/mol. The van der Waals surface area contributed by atoms with Crippen LogP contribution in [0.1, 0.15) is 29.3 Å². The summed E-state index contributed by atoms with van der Waals surface area (Å²) >= 11 is 0. The maximum absolute atomic E-state index is 11.2. The van der Waals surface area contributed by atoms with Crippen molar-refractivity contribution in [2.24, 2.45) is 11.8 Å². The van der Waals surface area contributed by atoms with E-state index in [4.69, 9.17) is 5.73 Å². The average Bonchev–Trinajstić information content (AvgIpc) is 2.93. The number of rotatable bonds is 5. The first-order valence-electron chi connectivity index (χ1n) is 6.28. The quantitative estimate of drug-likeness (QED) is 0.783. The Morgan fingerprint density at radius 2 is 2.22 bits per heavy atom. The van der Waals surface area contributed by atoms with Gasteiger partial charge in [-0.3, -0.25) is 0 Å². The van der Waals surface area contributed by atoms with Crippen LogP contribution >= 0.6 is 0 Å². The molecule has 1 fully saturated rings. The minimum atomic E-state index is -0.948. The summed E-state index contributed by atoms with van der Waals surface area (Å²) < 4.78 is 0. The number of aromatic carboxylic acids is 1. The molecule has 4 heteroatoms. The van der Waals surface area contributed by atoms with Crippen LogP contribution in [0.5, 0.6) is 0 Å². The lowest BCUT2D eigenvalue weighted by Gasteiger charge is -2.18. The summed E-state index contributed by atoms with van der Waals surface area (Å²) in [7, 11) is 2.03. The first-order valence-corrected chi connectivity index (χ1v) is 6.28. The molecule has 0 spiro atoms. The highest BCUT2D eigenvalue weighted by atomic mass is 16.4. The molecule has 1 aliphatic rings. The first kappa shape index (κ1) is 12.9. The Morgan fingerprint density at radius 3 is 2.78 bits per heavy atom. The molecule has 18 heavy (non-hydrogen) atoms. The molecule has 0 aliphatic heterocycles. The Balaban J connectivity index is 2.08. The number of benzene rings is 1. The summed E-state index contributed by atoms with van der Waals surface area (Å²) in [5.41, 5.74) is 7.11. The summed E-state index contributed by atoms with van der Waals surface area (Å²) in [5.74, 6) is 0.632. The molecular weight excluding hydrogens is 228 g/mol. The molecular formula is C14H20N2O2. The van der Waals surface area contributed by atoms with Crippen LogP contribution in [0.4, 0.5) is 5.69 Å². The summed E-state index contributed by atoms with van der Waals surface area (Å²) in [4.78, 5) is 13.4. The SMILES string of the molecule is CC1CC1CN(C)Cc1cccc(N)c1C(=O)O. The highest BCUT2D eigenvalue weighted by Gasteiger charge is 2.33. The molecule has 0 bridgehead atoms. The lowest BCUT2D eigenvalue weighted by Crippen LogP contribution is -2.22. The van der Waals surface area contributed by atoms with Gasteiger partial charge in [0.1, 0.15) is 0 Å². The number of nitrogens with two attached hydrogens (primary N) is 1. The molecule has 4 nitrogen and oxygen atoms in total. The van der Waals surface area contributed by atoms with Crippen molar-refractivity contribution in [2.75, 3.05) is 19.3 Å². The van der Waals surface area contributed by atoms with E-state index < -0.39 is 5.97 Å². The van der Waals surface area contributed by atoms with Gasteiger partial charge >= 0.3 is 5.97 Å². The molecule has 1 aromatic rings. The minimum absolute atomic E-state index is 0.244. The zero-order valence-corrected chi connectivity index (χ0v) is 10.9. The molecule has 2 atom stereocenters. The summed E-state index contributed by atoms with van der Waals surface area (Å²) in [5, 5.41) is 9.20. The van der Waals surface area contributed by atoms with E-state index in [1.165, 1.54) is 6.42 Å². The van der Waals surface area contributed by atoms with E-state index in [0.29, 0.717) is 12.2 Å². The van der Waals surface area contributed by atoms with Gasteiger partial charge in [-0.2, -0.15) is 0 Å². The summed E-state index contributed by atoms with van der Waals surface area (Å²) in [6.45, 7) is 3.91. The molecule has 0 aromatic heterocycles. The Bertz CT molecular complexity index is 459. The number of hydrogen-bond acceptors (Lipinski definition) is 3. The maximum Gasteiger partial charge on any atom is 0.338 e. The van der Waals surface area contributed by atoms with Gasteiger partial charge in [-0.05, 0) is 36.9 Å². The summed E-state index contributed by atoms with van der Waals surface area (Å²) in [6, 6.07) is 5.28. The van der Waals surface area contributed by atoms with Crippen molar-refractivity contribution < 1.29 is 9.90 Å². The van der Waals surface area contributed by atoms with Crippen LogP contribution in [-0.4, -0.2) is 29.6 Å². The fourth-order valence-corrected chi connectivity index (χ4v) is 2.42. The van der Waals surface area contributed by atoms with Gasteiger partial charge in [0.05, 0.1) is 5.56 Å². The molecule has 0 saturated heterocycles. The van der Waals surface area contributed by atoms with E-state index >= 15 is 0 Å². The smallest absolute Gasteiger partial charge is 0.338 e. The number of carboxylic acids is 1. The molecule has 2 rings (SSSR count). The van der Waals surface area contributed by atoms with Crippen LogP contribution in [0.15, 0.2) is 18.2 Å². The lowest BCUT2D eigenvalue weighted by atomic mass is 10.0. The van der Waals surface area contributed by atoms with E-state index in [2.05, 4.69) is 11.8 Å². The van der Waals surface area contributed by atoms with Crippen LogP contribution in [-0.2, 0) is 6.54 Å². The largest absolute Gasteiger partial charge is 0.478 e. The van der Waals surface area contributed by atoms with Gasteiger partial charge in [-0.15, -0.1) is 0 Å². The van der Waals surface area contributed by atoms with Gasteiger partial charge in [0.15, 0.2) is 0 Å². The van der Waals surface area contributed by atoms with Crippen molar-refractivity contribution in [3.8, 4) is 0 Å². The number of nitrogens with zero attached hydrogens (tertiary/aromatic N) is 1. The molecule has 1 saturated carbocycles. The third kappa shape index (κ3) is 2.82. The zero-order valence-electron chi connectivity index (χ0n) is 10.9. The second-order valence-electron chi connectivity index (χ2n) is 5.36. The molecule has 98 valence electrons. The van der Waals surface area contributed by atoms with Crippen LogP contribution in [0.3, 0.4) is 0 Å². The van der Waals surface area contributed by atoms with E-state index in [-0.39, 0.29) is 5.56 Å². The second kappa shape index (κ2) is 4.98. The molecule has 1 aliphatic carbocycles. The number of carbonyl (C=O) groups is 1. The molecule has 0 heterocycles. The maximum atomic E-state index is 11.2. The number of hydrogen-bond donors (Lipinski definition) is 2. The predicted octanol–water partition coefficient (Wildman–Crippen LogP) is 2.05. The van der Waals surface area contributed by atoms with Crippen LogP contribution in [0.25, 0.3) is 0 Å². The fourth-order valence-electron chi connectivity index (χ4n) is 2.42. The van der Waals surface area contributed by atoms with Crippen molar-refractivity contribution in [3.05, 3.63) is 29.3 Å². The Labute approximate surface area is 107 Å². The van der Waals surface area contributed by atoms with Crippen molar-refractivity contribution in [1.29, 1.82) is 0 Å². The third-order valence-electron chi connectivity index (χ3n) is 3.66. The van der Waals surface area contributed by atoms with Crippen LogP contribution < -0.4 is 5.73 Å².